The van der Waals surface area contributed by atoms with Crippen LogP contribution in [-0.4, -0.2) is 59.6 Å². The zero-order chi connectivity index (χ0) is 32.4. The number of ether oxygens (including phenoxy) is 6. The summed E-state index contributed by atoms with van der Waals surface area (Å²) in [6.07, 6.45) is -3.89. The summed E-state index contributed by atoms with van der Waals surface area (Å²) in [5.74, 6) is 0. The van der Waals surface area contributed by atoms with E-state index in [4.69, 9.17) is 28.4 Å². The van der Waals surface area contributed by atoms with E-state index in [1.54, 1.807) is 11.8 Å². The van der Waals surface area contributed by atoms with Crippen molar-refractivity contribution in [3.05, 3.63) is 138 Å². The molecule has 0 spiro atoms. The van der Waals surface area contributed by atoms with Crippen molar-refractivity contribution in [3.63, 3.8) is 0 Å². The summed E-state index contributed by atoms with van der Waals surface area (Å²) in [4.78, 5) is 1.08. The van der Waals surface area contributed by atoms with E-state index in [-0.39, 0.29) is 24.1 Å². The summed E-state index contributed by atoms with van der Waals surface area (Å²) in [7, 11) is 0. The van der Waals surface area contributed by atoms with Crippen LogP contribution in [0.15, 0.2) is 126 Å². The number of rotatable bonds is 13. The first-order valence-corrected chi connectivity index (χ1v) is 17.2. The van der Waals surface area contributed by atoms with Crippen molar-refractivity contribution in [2.24, 2.45) is 0 Å². The molecule has 2 fully saturated rings. The number of thioether (sulfide) groups is 1. The summed E-state index contributed by atoms with van der Waals surface area (Å²) in [6, 6.07) is 40.3. The Morgan fingerprint density at radius 1 is 0.574 bits per heavy atom. The van der Waals surface area contributed by atoms with E-state index in [1.165, 1.54) is 0 Å². The number of hydrogen-bond acceptors (Lipinski definition) is 8. The van der Waals surface area contributed by atoms with Gasteiger partial charge in [0.25, 0.3) is 0 Å². The van der Waals surface area contributed by atoms with Gasteiger partial charge in [-0.25, -0.2) is 0 Å². The molecule has 2 aliphatic rings. The Labute approximate surface area is 282 Å². The van der Waals surface area contributed by atoms with Crippen molar-refractivity contribution in [1.82, 2.24) is 0 Å². The Morgan fingerprint density at radius 2 is 1.02 bits per heavy atom. The summed E-state index contributed by atoms with van der Waals surface area (Å²) in [6.45, 7) is 5.08. The van der Waals surface area contributed by atoms with Crippen molar-refractivity contribution >= 4 is 11.8 Å². The third-order valence-corrected chi connectivity index (χ3v) is 9.69. The minimum Gasteiger partial charge on any atom is -0.390 e. The molecule has 8 heteroatoms. The molecular weight excluding hydrogens is 612 g/mol. The lowest BCUT2D eigenvalue weighted by molar-refractivity contribution is -0.313. The summed E-state index contributed by atoms with van der Waals surface area (Å²) in [5.41, 5.74) is 2.80. The minimum atomic E-state index is -0.762. The zero-order valence-electron chi connectivity index (χ0n) is 26.9. The maximum Gasteiger partial charge on any atom is 0.161 e. The van der Waals surface area contributed by atoms with Crippen LogP contribution < -0.4 is 0 Å². The lowest BCUT2D eigenvalue weighted by Gasteiger charge is -2.47. The van der Waals surface area contributed by atoms with Gasteiger partial charge >= 0.3 is 0 Å². The van der Waals surface area contributed by atoms with Crippen molar-refractivity contribution in [1.29, 1.82) is 0 Å². The third-order valence-electron chi connectivity index (χ3n) is 8.53. The number of hydrogen-bond donors (Lipinski definition) is 1. The molecule has 2 saturated heterocycles. The van der Waals surface area contributed by atoms with E-state index < -0.39 is 36.8 Å². The molecule has 248 valence electrons. The van der Waals surface area contributed by atoms with Crippen molar-refractivity contribution in [2.45, 2.75) is 99.4 Å². The fourth-order valence-electron chi connectivity index (χ4n) is 6.08. The third kappa shape index (κ3) is 9.31. The average Bonchev–Trinajstić information content (AvgIpc) is 3.09. The SMILES string of the molecule is C[C@H]1O[C@@H](Sc2ccccc2)[C@H](OCc2ccccc2)[C@@H](OCc2ccccc2)[C@@H]1O[C@H]1C[C@@H](O)[C@H](OCc2ccccc2)[C@@H](C)O1. The van der Waals surface area contributed by atoms with E-state index in [0.717, 1.165) is 21.6 Å². The van der Waals surface area contributed by atoms with E-state index in [9.17, 15) is 5.11 Å². The quantitative estimate of drug-likeness (QED) is 0.163. The van der Waals surface area contributed by atoms with Crippen LogP contribution in [0.2, 0.25) is 0 Å². The Bertz CT molecular complexity index is 1450. The van der Waals surface area contributed by atoms with Gasteiger partial charge in [-0.2, -0.15) is 0 Å². The van der Waals surface area contributed by atoms with E-state index in [1.807, 2.05) is 123 Å². The van der Waals surface area contributed by atoms with Gasteiger partial charge in [0.2, 0.25) is 0 Å². The molecule has 0 aliphatic carbocycles. The Balaban J connectivity index is 1.21. The standard InChI is InChI=1S/C39H44O7S/c1-27-35(41-24-29-15-7-3-8-16-29)33(40)23-34(44-27)46-36-28(2)45-39(47-32-21-13-6-14-22-32)38(43-26-31-19-11-5-12-20-31)37(36)42-25-30-17-9-4-10-18-30/h3-22,27-28,33-40H,23-26H2,1-2H3/t27-,28-,33-,34+,35-,36-,37+,38-,39+/m1/s1. The van der Waals surface area contributed by atoms with Crippen LogP contribution >= 0.6 is 11.8 Å². The molecule has 0 saturated carbocycles. The van der Waals surface area contributed by atoms with E-state index in [2.05, 4.69) is 12.1 Å². The van der Waals surface area contributed by atoms with Crippen LogP contribution in [0, 0.1) is 0 Å². The smallest absolute Gasteiger partial charge is 0.161 e. The highest BCUT2D eigenvalue weighted by atomic mass is 32.2. The van der Waals surface area contributed by atoms with Crippen LogP contribution in [0.4, 0.5) is 0 Å². The first kappa shape index (κ1) is 33.8. The van der Waals surface area contributed by atoms with Gasteiger partial charge < -0.3 is 33.5 Å². The highest BCUT2D eigenvalue weighted by molar-refractivity contribution is 7.99. The molecule has 2 heterocycles. The fourth-order valence-corrected chi connectivity index (χ4v) is 7.26. The fraction of sp³-hybridized carbons (Fsp3) is 0.385. The summed E-state index contributed by atoms with van der Waals surface area (Å²) < 4.78 is 39.3. The van der Waals surface area contributed by atoms with Gasteiger partial charge in [0.1, 0.15) is 29.9 Å². The van der Waals surface area contributed by atoms with Gasteiger partial charge in [-0.05, 0) is 42.7 Å². The van der Waals surface area contributed by atoms with E-state index in [0.29, 0.717) is 19.8 Å². The number of aliphatic hydroxyl groups excluding tert-OH is 1. The van der Waals surface area contributed by atoms with Gasteiger partial charge in [-0.3, -0.25) is 0 Å². The molecule has 9 atom stereocenters. The highest BCUT2D eigenvalue weighted by Crippen LogP contribution is 2.39. The maximum absolute atomic E-state index is 11.2. The predicted molar refractivity (Wildman–Crippen MR) is 182 cm³/mol. The molecule has 0 amide bonds. The normalized spacial score (nSPS) is 29.4. The van der Waals surface area contributed by atoms with Gasteiger partial charge in [0, 0.05) is 11.3 Å². The zero-order valence-corrected chi connectivity index (χ0v) is 27.7. The molecule has 2 aliphatic heterocycles. The number of benzene rings is 4. The molecule has 4 aromatic rings. The van der Waals surface area contributed by atoms with E-state index >= 15 is 0 Å². The molecule has 0 aromatic heterocycles. The lowest BCUT2D eigenvalue weighted by atomic mass is 9.98. The molecule has 4 aromatic carbocycles. The summed E-state index contributed by atoms with van der Waals surface area (Å²) >= 11 is 1.62. The number of aliphatic hydroxyl groups is 1. The van der Waals surface area contributed by atoms with Gasteiger partial charge in [0.15, 0.2) is 6.29 Å². The first-order chi connectivity index (χ1) is 23.0. The predicted octanol–water partition coefficient (Wildman–Crippen LogP) is 7.16. The Kier molecular flexibility index (Phi) is 12.1. The maximum atomic E-state index is 11.2. The van der Waals surface area contributed by atoms with Crippen LogP contribution in [0.5, 0.6) is 0 Å². The molecule has 0 radical (unpaired) electrons. The second-order valence-electron chi connectivity index (χ2n) is 12.1. The largest absolute Gasteiger partial charge is 0.390 e. The molecule has 1 N–H and O–H groups in total. The second kappa shape index (κ2) is 16.9. The topological polar surface area (TPSA) is 75.6 Å². The molecule has 7 nitrogen and oxygen atoms in total. The second-order valence-corrected chi connectivity index (χ2v) is 13.3. The molecule has 47 heavy (non-hydrogen) atoms. The minimum absolute atomic E-state index is 0.260. The van der Waals surface area contributed by atoms with Crippen molar-refractivity contribution in [3.8, 4) is 0 Å². The Hall–Kier alpha value is -3.05. The molecule has 0 bridgehead atoms. The lowest BCUT2D eigenvalue weighted by Crippen LogP contribution is -2.60. The highest BCUT2D eigenvalue weighted by Gasteiger charge is 2.49. The monoisotopic (exact) mass is 656 g/mol. The van der Waals surface area contributed by atoms with Gasteiger partial charge in [-0.15, -0.1) is 0 Å². The Morgan fingerprint density at radius 3 is 1.53 bits per heavy atom. The summed E-state index contributed by atoms with van der Waals surface area (Å²) in [5, 5.41) is 11.2. The van der Waals surface area contributed by atoms with Gasteiger partial charge in [0.05, 0.1) is 38.1 Å². The van der Waals surface area contributed by atoms with Crippen molar-refractivity contribution in [2.75, 3.05) is 0 Å². The van der Waals surface area contributed by atoms with Crippen LogP contribution in [0.1, 0.15) is 37.0 Å². The van der Waals surface area contributed by atoms with Crippen LogP contribution in [0.25, 0.3) is 0 Å². The van der Waals surface area contributed by atoms with Gasteiger partial charge in [-0.1, -0.05) is 121 Å². The molecule has 6 rings (SSSR count). The van der Waals surface area contributed by atoms with Crippen LogP contribution in [-0.2, 0) is 48.2 Å². The molecular formula is C39H44O7S. The van der Waals surface area contributed by atoms with Crippen molar-refractivity contribution < 1.29 is 33.5 Å². The van der Waals surface area contributed by atoms with Crippen LogP contribution in [0.3, 0.4) is 0 Å². The average molecular weight is 657 g/mol. The molecule has 0 unspecified atom stereocenters. The first-order valence-electron chi connectivity index (χ1n) is 16.4.